The Morgan fingerprint density at radius 3 is 2.96 bits per heavy atom. The van der Waals surface area contributed by atoms with Crippen molar-refractivity contribution in [1.29, 1.82) is 0 Å². The van der Waals surface area contributed by atoms with Crippen molar-refractivity contribution in [3.63, 3.8) is 0 Å². The van der Waals surface area contributed by atoms with Crippen LogP contribution in [-0.2, 0) is 0 Å². The minimum Gasteiger partial charge on any atom is -0.324 e. The minimum atomic E-state index is -0.00149. The highest BCUT2D eigenvalue weighted by atomic mass is 32.1. The number of fused-ring (bicyclic) bond motifs is 1. The summed E-state index contributed by atoms with van der Waals surface area (Å²) in [4.78, 5) is 20.9. The molecule has 4 rings (SSSR count). The molecule has 0 spiro atoms. The van der Waals surface area contributed by atoms with Crippen LogP contribution in [0, 0.1) is 0 Å². The Hall–Kier alpha value is -2.02. The molecule has 23 heavy (non-hydrogen) atoms. The predicted octanol–water partition coefficient (Wildman–Crippen LogP) is 3.92. The molecule has 4 nitrogen and oxygen atoms in total. The number of benzene rings is 1. The minimum absolute atomic E-state index is 0.00149. The fourth-order valence-corrected chi connectivity index (χ4v) is 4.49. The van der Waals surface area contributed by atoms with Crippen molar-refractivity contribution in [2.24, 2.45) is 5.73 Å². The highest BCUT2D eigenvalue weighted by molar-refractivity contribution is 7.22. The van der Waals surface area contributed by atoms with Crippen molar-refractivity contribution in [1.82, 2.24) is 4.98 Å². The molecular weight excluding hydrogens is 326 g/mol. The molecule has 1 amide bonds. The molecule has 3 aromatic rings. The van der Waals surface area contributed by atoms with Gasteiger partial charge in [0.05, 0.1) is 11.1 Å². The molecule has 1 atom stereocenters. The van der Waals surface area contributed by atoms with Crippen molar-refractivity contribution in [3.8, 4) is 9.88 Å². The van der Waals surface area contributed by atoms with Gasteiger partial charge in [-0.2, -0.15) is 0 Å². The van der Waals surface area contributed by atoms with Gasteiger partial charge in [-0.3, -0.25) is 4.79 Å². The average molecular weight is 341 g/mol. The van der Waals surface area contributed by atoms with Gasteiger partial charge >= 0.3 is 0 Å². The van der Waals surface area contributed by atoms with E-state index in [2.05, 4.69) is 4.98 Å². The van der Waals surface area contributed by atoms with E-state index in [-0.39, 0.29) is 11.9 Å². The zero-order chi connectivity index (χ0) is 15.8. The highest BCUT2D eigenvalue weighted by Crippen LogP contribution is 2.35. The second-order valence-electron chi connectivity index (χ2n) is 5.42. The van der Waals surface area contributed by atoms with E-state index in [0.717, 1.165) is 27.6 Å². The molecule has 0 saturated heterocycles. The van der Waals surface area contributed by atoms with Gasteiger partial charge in [-0.05, 0) is 29.5 Å². The highest BCUT2D eigenvalue weighted by Gasteiger charge is 2.28. The zero-order valence-electron chi connectivity index (χ0n) is 12.3. The Morgan fingerprint density at radius 2 is 2.13 bits per heavy atom. The third-order valence-corrected chi connectivity index (χ3v) is 6.01. The molecule has 0 bridgehead atoms. The van der Waals surface area contributed by atoms with Crippen LogP contribution in [-0.4, -0.2) is 17.4 Å². The van der Waals surface area contributed by atoms with E-state index in [0.29, 0.717) is 11.4 Å². The van der Waals surface area contributed by atoms with Crippen LogP contribution < -0.4 is 10.6 Å². The third kappa shape index (κ3) is 2.59. The number of thiophene rings is 1. The Morgan fingerprint density at radius 1 is 1.26 bits per heavy atom. The molecule has 1 aliphatic rings. The van der Waals surface area contributed by atoms with E-state index < -0.39 is 0 Å². The first-order valence-corrected chi connectivity index (χ1v) is 9.10. The number of nitrogens with zero attached hydrogens (tertiary/aromatic N) is 2. The fraction of sp³-hybridized carbons (Fsp3) is 0.176. The van der Waals surface area contributed by atoms with Crippen molar-refractivity contribution >= 4 is 34.3 Å². The van der Waals surface area contributed by atoms with Crippen molar-refractivity contribution in [2.45, 2.75) is 12.5 Å². The van der Waals surface area contributed by atoms with E-state index in [1.165, 1.54) is 11.3 Å². The van der Waals surface area contributed by atoms with Crippen LogP contribution >= 0.6 is 22.7 Å². The molecule has 1 unspecified atom stereocenters. The van der Waals surface area contributed by atoms with Gasteiger partial charge in [0.15, 0.2) is 0 Å². The standard InChI is InChI=1S/C17H15N3OS2/c18-12-7-8-20(13-5-2-1-4-11(12)13)17(21)15-10-19-16(23-15)14-6-3-9-22-14/h1-6,9-10,12H,7-8,18H2. The molecule has 0 aliphatic carbocycles. The van der Waals surface area contributed by atoms with Gasteiger partial charge in [0.25, 0.3) is 5.91 Å². The van der Waals surface area contributed by atoms with Crippen LogP contribution in [0.25, 0.3) is 9.88 Å². The summed E-state index contributed by atoms with van der Waals surface area (Å²) in [7, 11) is 0. The van der Waals surface area contributed by atoms with Crippen molar-refractivity contribution < 1.29 is 4.79 Å². The van der Waals surface area contributed by atoms with Gasteiger partial charge in [0.2, 0.25) is 0 Å². The number of hydrogen-bond donors (Lipinski definition) is 1. The number of rotatable bonds is 2. The number of hydrogen-bond acceptors (Lipinski definition) is 5. The molecule has 6 heteroatoms. The number of para-hydroxylation sites is 1. The number of carbonyl (C=O) groups excluding carboxylic acids is 1. The van der Waals surface area contributed by atoms with Crippen LogP contribution in [0.1, 0.15) is 27.7 Å². The van der Waals surface area contributed by atoms with Crippen molar-refractivity contribution in [3.05, 3.63) is 58.4 Å². The largest absolute Gasteiger partial charge is 0.324 e. The van der Waals surface area contributed by atoms with Gasteiger partial charge in [0, 0.05) is 18.3 Å². The summed E-state index contributed by atoms with van der Waals surface area (Å²) in [6, 6.07) is 11.9. The number of thiazole rings is 1. The third-order valence-electron chi connectivity index (χ3n) is 3.98. The fourth-order valence-electron chi connectivity index (χ4n) is 2.82. The Kier molecular flexibility index (Phi) is 3.72. The first-order chi connectivity index (χ1) is 11.2. The second kappa shape index (κ2) is 5.88. The lowest BCUT2D eigenvalue weighted by Gasteiger charge is -2.32. The van der Waals surface area contributed by atoms with Crippen LogP contribution in [0.3, 0.4) is 0 Å². The number of carbonyl (C=O) groups is 1. The quantitative estimate of drug-likeness (QED) is 0.768. The maximum atomic E-state index is 12.9. The SMILES string of the molecule is NC1CCN(C(=O)c2cnc(-c3cccs3)s2)c2ccccc21. The summed E-state index contributed by atoms with van der Waals surface area (Å²) < 4.78 is 0. The van der Waals surface area contributed by atoms with Gasteiger partial charge in [0.1, 0.15) is 9.88 Å². The van der Waals surface area contributed by atoms with Crippen LogP contribution in [0.4, 0.5) is 5.69 Å². The normalized spacial score (nSPS) is 17.1. The van der Waals surface area contributed by atoms with E-state index in [1.54, 1.807) is 17.5 Å². The van der Waals surface area contributed by atoms with Crippen molar-refractivity contribution in [2.75, 3.05) is 11.4 Å². The summed E-state index contributed by atoms with van der Waals surface area (Å²) in [6.45, 7) is 0.642. The summed E-state index contributed by atoms with van der Waals surface area (Å²) in [5.41, 5.74) is 8.13. The molecule has 3 heterocycles. The summed E-state index contributed by atoms with van der Waals surface area (Å²) in [5.74, 6) is 0.00431. The van der Waals surface area contributed by atoms with Crippen LogP contribution in [0.2, 0.25) is 0 Å². The average Bonchev–Trinajstić information content (AvgIpc) is 3.26. The van der Waals surface area contributed by atoms with Gasteiger partial charge in [-0.25, -0.2) is 4.98 Å². The van der Waals surface area contributed by atoms with Gasteiger partial charge in [-0.1, -0.05) is 24.3 Å². The number of aromatic nitrogens is 1. The molecule has 1 aromatic carbocycles. The molecule has 0 fully saturated rings. The molecule has 0 saturated carbocycles. The first-order valence-electron chi connectivity index (χ1n) is 7.40. The maximum Gasteiger partial charge on any atom is 0.270 e. The molecule has 1 aliphatic heterocycles. The van der Waals surface area contributed by atoms with E-state index >= 15 is 0 Å². The number of amides is 1. The molecule has 2 N–H and O–H groups in total. The van der Waals surface area contributed by atoms with Crippen LogP contribution in [0.5, 0.6) is 0 Å². The summed E-state index contributed by atoms with van der Waals surface area (Å²) in [6.07, 6.45) is 2.46. The van der Waals surface area contributed by atoms with E-state index in [4.69, 9.17) is 5.73 Å². The summed E-state index contributed by atoms with van der Waals surface area (Å²) >= 11 is 3.08. The predicted molar refractivity (Wildman–Crippen MR) is 95.1 cm³/mol. The topological polar surface area (TPSA) is 59.2 Å². The monoisotopic (exact) mass is 341 g/mol. The maximum absolute atomic E-state index is 12.9. The number of anilines is 1. The van der Waals surface area contributed by atoms with Gasteiger partial charge in [-0.15, -0.1) is 22.7 Å². The number of nitrogens with two attached hydrogens (primary N) is 1. The lowest BCUT2D eigenvalue weighted by molar-refractivity contribution is 0.0988. The van der Waals surface area contributed by atoms with Crippen LogP contribution in [0.15, 0.2) is 48.0 Å². The lowest BCUT2D eigenvalue weighted by Crippen LogP contribution is -2.38. The Bertz CT molecular complexity index is 841. The first kappa shape index (κ1) is 14.6. The Balaban J connectivity index is 1.67. The van der Waals surface area contributed by atoms with E-state index in [9.17, 15) is 4.79 Å². The van der Waals surface area contributed by atoms with E-state index in [1.807, 2.05) is 46.7 Å². The molecule has 0 radical (unpaired) electrons. The smallest absolute Gasteiger partial charge is 0.270 e. The molecule has 2 aromatic heterocycles. The summed E-state index contributed by atoms with van der Waals surface area (Å²) in [5, 5.41) is 2.91. The zero-order valence-corrected chi connectivity index (χ0v) is 13.9. The molecular formula is C17H15N3OS2. The molecule has 116 valence electrons. The second-order valence-corrected chi connectivity index (χ2v) is 7.40. The van der Waals surface area contributed by atoms with Gasteiger partial charge < -0.3 is 10.6 Å². The Labute approximate surface area is 142 Å². The lowest BCUT2D eigenvalue weighted by atomic mass is 9.97.